The average Bonchev–Trinajstić information content (AvgIpc) is 2.61. The largest absolute Gasteiger partial charge is 0.496 e. The van der Waals surface area contributed by atoms with Crippen LogP contribution in [0.1, 0.15) is 5.56 Å². The molecule has 0 aliphatic rings. The van der Waals surface area contributed by atoms with Crippen molar-refractivity contribution in [3.8, 4) is 5.75 Å². The Hall–Kier alpha value is -2.37. The lowest BCUT2D eigenvalue weighted by atomic mass is 10.1. The number of hydrogen-bond acceptors (Lipinski definition) is 3. The number of nitrogens with zero attached hydrogens (tertiary/aromatic N) is 1. The van der Waals surface area contributed by atoms with Gasteiger partial charge in [-0.2, -0.15) is 4.31 Å². The van der Waals surface area contributed by atoms with E-state index in [2.05, 4.69) is 0 Å². The lowest BCUT2D eigenvalue weighted by Gasteiger charge is -2.19. The molecule has 0 aromatic heterocycles. The molecule has 0 unspecified atom stereocenters. The van der Waals surface area contributed by atoms with Crippen molar-refractivity contribution in [2.24, 2.45) is 0 Å². The van der Waals surface area contributed by atoms with Crippen molar-refractivity contribution in [2.75, 3.05) is 14.2 Å². The van der Waals surface area contributed by atoms with Crippen LogP contribution < -0.4 is 4.74 Å². The highest BCUT2D eigenvalue weighted by Crippen LogP contribution is 2.32. The zero-order valence-electron chi connectivity index (χ0n) is 13.6. The maximum absolute atomic E-state index is 13.0. The highest BCUT2D eigenvalue weighted by molar-refractivity contribution is 7.89. The minimum Gasteiger partial charge on any atom is -0.496 e. The Labute approximate surface area is 142 Å². The molecule has 0 fully saturated rings. The molecule has 0 radical (unpaired) electrons. The molecule has 4 nitrogen and oxygen atoms in total. The Bertz CT molecular complexity index is 953. The topological polar surface area (TPSA) is 46.6 Å². The smallest absolute Gasteiger partial charge is 0.243 e. The van der Waals surface area contributed by atoms with Crippen LogP contribution in [0.15, 0.2) is 71.6 Å². The lowest BCUT2D eigenvalue weighted by molar-refractivity contribution is 0.419. The molecule has 0 bridgehead atoms. The molecule has 3 rings (SSSR count). The third-order valence-corrected chi connectivity index (χ3v) is 5.86. The fourth-order valence-electron chi connectivity index (χ4n) is 2.74. The Morgan fingerprint density at radius 3 is 2.17 bits per heavy atom. The van der Waals surface area contributed by atoms with Crippen molar-refractivity contribution in [3.05, 3.63) is 72.3 Å². The monoisotopic (exact) mass is 341 g/mol. The van der Waals surface area contributed by atoms with E-state index in [0.717, 1.165) is 10.9 Å². The van der Waals surface area contributed by atoms with Gasteiger partial charge >= 0.3 is 0 Å². The van der Waals surface area contributed by atoms with Gasteiger partial charge < -0.3 is 4.74 Å². The second-order valence-corrected chi connectivity index (χ2v) is 7.57. The van der Waals surface area contributed by atoms with Crippen molar-refractivity contribution in [1.29, 1.82) is 0 Å². The summed E-state index contributed by atoms with van der Waals surface area (Å²) in [5.74, 6) is 0.662. The first kappa shape index (κ1) is 16.5. The van der Waals surface area contributed by atoms with Crippen LogP contribution >= 0.6 is 0 Å². The summed E-state index contributed by atoms with van der Waals surface area (Å²) in [6.45, 7) is 0.323. The van der Waals surface area contributed by atoms with Crippen LogP contribution in [-0.2, 0) is 16.6 Å². The lowest BCUT2D eigenvalue weighted by Crippen LogP contribution is -2.26. The van der Waals surface area contributed by atoms with E-state index in [4.69, 9.17) is 4.74 Å². The van der Waals surface area contributed by atoms with Crippen molar-refractivity contribution < 1.29 is 13.2 Å². The fourth-order valence-corrected chi connectivity index (χ4v) is 4.09. The Balaban J connectivity index is 2.05. The van der Waals surface area contributed by atoms with Crippen LogP contribution in [0.5, 0.6) is 5.75 Å². The van der Waals surface area contributed by atoms with Crippen molar-refractivity contribution >= 4 is 20.8 Å². The molecule has 3 aromatic carbocycles. The standard InChI is InChI=1S/C19H19NO3S/c1-20(14-15-8-4-3-5-9-15)24(21,22)19-13-12-18(23-2)16-10-6-7-11-17(16)19/h3-13H,14H2,1-2H3. The van der Waals surface area contributed by atoms with Gasteiger partial charge in [-0.05, 0) is 17.7 Å². The van der Waals surface area contributed by atoms with Gasteiger partial charge in [-0.3, -0.25) is 0 Å². The summed E-state index contributed by atoms with van der Waals surface area (Å²) in [6, 6.07) is 20.2. The molecule has 0 atom stereocenters. The molecule has 0 spiro atoms. The third-order valence-electron chi connectivity index (χ3n) is 4.00. The third kappa shape index (κ3) is 3.00. The molecule has 0 N–H and O–H groups in total. The van der Waals surface area contributed by atoms with E-state index < -0.39 is 10.0 Å². The summed E-state index contributed by atoms with van der Waals surface area (Å²) in [7, 11) is -0.432. The van der Waals surface area contributed by atoms with E-state index in [1.807, 2.05) is 48.5 Å². The van der Waals surface area contributed by atoms with Crippen LogP contribution in [0.4, 0.5) is 0 Å². The van der Waals surface area contributed by atoms with Crippen LogP contribution in [0.3, 0.4) is 0 Å². The quantitative estimate of drug-likeness (QED) is 0.711. The minimum absolute atomic E-state index is 0.289. The first-order valence-corrected chi connectivity index (χ1v) is 9.04. The molecule has 24 heavy (non-hydrogen) atoms. The molecule has 0 heterocycles. The number of hydrogen-bond donors (Lipinski definition) is 0. The maximum atomic E-state index is 13.0. The molecule has 0 saturated heterocycles. The van der Waals surface area contributed by atoms with Gasteiger partial charge in [0.2, 0.25) is 10.0 Å². The Morgan fingerprint density at radius 1 is 0.875 bits per heavy atom. The van der Waals surface area contributed by atoms with Gasteiger partial charge in [-0.25, -0.2) is 8.42 Å². The number of benzene rings is 3. The SMILES string of the molecule is COc1ccc(S(=O)(=O)N(C)Cc2ccccc2)c2ccccc12. The molecule has 5 heteroatoms. The van der Waals surface area contributed by atoms with Gasteiger partial charge in [-0.15, -0.1) is 0 Å². The first-order chi connectivity index (χ1) is 11.5. The van der Waals surface area contributed by atoms with Crippen molar-refractivity contribution in [3.63, 3.8) is 0 Å². The van der Waals surface area contributed by atoms with Gasteiger partial charge in [0.05, 0.1) is 12.0 Å². The second-order valence-electron chi connectivity index (χ2n) is 5.56. The van der Waals surface area contributed by atoms with Crippen LogP contribution in [0, 0.1) is 0 Å². The molecular weight excluding hydrogens is 322 g/mol. The minimum atomic E-state index is -3.61. The molecular formula is C19H19NO3S. The molecule has 0 amide bonds. The van der Waals surface area contributed by atoms with Crippen molar-refractivity contribution in [1.82, 2.24) is 4.31 Å². The molecule has 3 aromatic rings. The summed E-state index contributed by atoms with van der Waals surface area (Å²) in [6.07, 6.45) is 0. The zero-order chi connectivity index (χ0) is 17.2. The number of fused-ring (bicyclic) bond motifs is 1. The number of rotatable bonds is 5. The highest BCUT2D eigenvalue weighted by Gasteiger charge is 2.24. The number of methoxy groups -OCH3 is 1. The number of sulfonamides is 1. The average molecular weight is 341 g/mol. The first-order valence-electron chi connectivity index (χ1n) is 7.60. The fraction of sp³-hybridized carbons (Fsp3) is 0.158. The molecule has 124 valence electrons. The van der Waals surface area contributed by atoms with Gasteiger partial charge in [-0.1, -0.05) is 54.6 Å². The van der Waals surface area contributed by atoms with E-state index in [-0.39, 0.29) is 4.90 Å². The second kappa shape index (κ2) is 6.63. The van der Waals surface area contributed by atoms with Crippen LogP contribution in [-0.4, -0.2) is 26.9 Å². The predicted molar refractivity (Wildman–Crippen MR) is 95.6 cm³/mol. The Morgan fingerprint density at radius 2 is 1.50 bits per heavy atom. The number of ether oxygens (including phenoxy) is 1. The van der Waals surface area contributed by atoms with E-state index in [0.29, 0.717) is 17.7 Å². The summed E-state index contributed by atoms with van der Waals surface area (Å²) in [4.78, 5) is 0.289. The summed E-state index contributed by atoms with van der Waals surface area (Å²) in [5.41, 5.74) is 0.946. The van der Waals surface area contributed by atoms with E-state index in [1.54, 1.807) is 32.4 Å². The maximum Gasteiger partial charge on any atom is 0.243 e. The molecule has 0 aliphatic carbocycles. The van der Waals surface area contributed by atoms with Gasteiger partial charge in [0.15, 0.2) is 0 Å². The van der Waals surface area contributed by atoms with E-state index in [1.165, 1.54) is 4.31 Å². The van der Waals surface area contributed by atoms with Gasteiger partial charge in [0.1, 0.15) is 5.75 Å². The highest BCUT2D eigenvalue weighted by atomic mass is 32.2. The normalized spacial score (nSPS) is 11.8. The summed E-state index contributed by atoms with van der Waals surface area (Å²) in [5, 5.41) is 1.45. The van der Waals surface area contributed by atoms with Crippen molar-refractivity contribution in [2.45, 2.75) is 11.4 Å². The predicted octanol–water partition coefficient (Wildman–Crippen LogP) is 3.67. The molecule has 0 saturated carbocycles. The van der Waals surface area contributed by atoms with Crippen LogP contribution in [0.2, 0.25) is 0 Å². The van der Waals surface area contributed by atoms with Gasteiger partial charge in [0, 0.05) is 24.4 Å². The van der Waals surface area contributed by atoms with E-state index >= 15 is 0 Å². The van der Waals surface area contributed by atoms with E-state index in [9.17, 15) is 8.42 Å². The van der Waals surface area contributed by atoms with Crippen LogP contribution in [0.25, 0.3) is 10.8 Å². The Kier molecular flexibility index (Phi) is 4.55. The summed E-state index contributed by atoms with van der Waals surface area (Å²) < 4.78 is 32.8. The van der Waals surface area contributed by atoms with Gasteiger partial charge in [0.25, 0.3) is 0 Å². The molecule has 0 aliphatic heterocycles. The zero-order valence-corrected chi connectivity index (χ0v) is 14.5. The summed E-state index contributed by atoms with van der Waals surface area (Å²) >= 11 is 0.